The van der Waals surface area contributed by atoms with Gasteiger partial charge in [-0.2, -0.15) is 0 Å². The third-order valence-electron chi connectivity index (χ3n) is 4.72. The molecule has 1 aromatic carbocycles. The molecule has 0 bridgehead atoms. The number of benzene rings is 1. The van der Waals surface area contributed by atoms with Gasteiger partial charge >= 0.3 is 18.0 Å². The van der Waals surface area contributed by atoms with Crippen LogP contribution < -0.4 is 5.32 Å². The molecule has 30 heavy (non-hydrogen) atoms. The third kappa shape index (κ3) is 4.27. The number of rotatable bonds is 7. The van der Waals surface area contributed by atoms with Crippen molar-refractivity contribution < 1.29 is 42.5 Å². The largest absolute Gasteiger partial charge is 0.477 e. The lowest BCUT2D eigenvalue weighted by Crippen LogP contribution is -2.67. The molecule has 11 nitrogen and oxygen atoms in total. The zero-order valence-corrected chi connectivity index (χ0v) is 16.3. The Labute approximate surface area is 170 Å². The second-order valence-corrected chi connectivity index (χ2v) is 8.91. The van der Waals surface area contributed by atoms with E-state index < -0.39 is 63.1 Å². The summed E-state index contributed by atoms with van der Waals surface area (Å²) in [6, 6.07) is 6.57. The van der Waals surface area contributed by atoms with Crippen LogP contribution in [0.1, 0.15) is 11.1 Å². The average molecular weight is 438 g/mol. The molecule has 0 radical (unpaired) electrons. The van der Waals surface area contributed by atoms with Crippen molar-refractivity contribution in [2.45, 2.75) is 18.3 Å². The molecule has 1 saturated heterocycles. The van der Waals surface area contributed by atoms with E-state index in [0.29, 0.717) is 16.0 Å². The molecule has 2 atom stereocenters. The molecule has 2 heterocycles. The Morgan fingerprint density at radius 1 is 1.20 bits per heavy atom. The van der Waals surface area contributed by atoms with Crippen LogP contribution in [0.25, 0.3) is 0 Å². The van der Waals surface area contributed by atoms with Crippen molar-refractivity contribution in [3.63, 3.8) is 0 Å². The Balaban J connectivity index is 1.60. The summed E-state index contributed by atoms with van der Waals surface area (Å²) in [6.45, 7) is -0.422. The lowest BCUT2D eigenvalue weighted by Gasteiger charge is -2.47. The number of carboxylic acids is 1. The molecule has 2 aliphatic rings. The van der Waals surface area contributed by atoms with Crippen LogP contribution in [-0.2, 0) is 41.9 Å². The fourth-order valence-corrected chi connectivity index (χ4v) is 5.18. The Morgan fingerprint density at radius 2 is 1.90 bits per heavy atom. The number of nitrogens with zero attached hydrogens (tertiary/aromatic N) is 1. The molecule has 1 fully saturated rings. The molecule has 0 unspecified atom stereocenters. The van der Waals surface area contributed by atoms with Crippen molar-refractivity contribution in [2.24, 2.45) is 5.92 Å². The molecule has 2 amide bonds. The second-order valence-electron chi connectivity index (χ2n) is 6.77. The summed E-state index contributed by atoms with van der Waals surface area (Å²) < 4.78 is 29.5. The molecule has 3 N–H and O–H groups in total. The normalized spacial score (nSPS) is 21.7. The highest BCUT2D eigenvalue weighted by atomic mass is 32.2. The molecular weight excluding hydrogens is 420 g/mol. The van der Waals surface area contributed by atoms with Gasteiger partial charge in [-0.3, -0.25) is 14.5 Å². The van der Waals surface area contributed by atoms with Crippen molar-refractivity contribution in [3.05, 3.63) is 47.2 Å². The highest BCUT2D eigenvalue weighted by Crippen LogP contribution is 2.38. The van der Waals surface area contributed by atoms with E-state index in [9.17, 15) is 27.6 Å². The minimum atomic E-state index is -3.78. The van der Waals surface area contributed by atoms with Gasteiger partial charge in [-0.1, -0.05) is 24.3 Å². The van der Waals surface area contributed by atoms with Crippen molar-refractivity contribution in [2.75, 3.05) is 12.4 Å². The Bertz CT molecular complexity index is 1050. The number of ether oxygens (including phenoxy) is 1. The van der Waals surface area contributed by atoms with Gasteiger partial charge < -0.3 is 20.3 Å². The lowest BCUT2D eigenvalue weighted by atomic mass is 9.97. The smallest absolute Gasteiger partial charge is 0.404 e. The van der Waals surface area contributed by atoms with E-state index in [1.807, 2.05) is 0 Å². The quantitative estimate of drug-likeness (QED) is 0.383. The minimum absolute atomic E-state index is 0.0591. The molecule has 1 aromatic rings. The number of esters is 1. The summed E-state index contributed by atoms with van der Waals surface area (Å²) in [6.07, 6.45) is -0.374. The first kappa shape index (κ1) is 21.3. The average Bonchev–Trinajstić information content (AvgIpc) is 2.66. The first-order valence-corrected chi connectivity index (χ1v) is 10.5. The zero-order valence-electron chi connectivity index (χ0n) is 15.5. The molecule has 12 heteroatoms. The predicted octanol–water partition coefficient (Wildman–Crippen LogP) is -0.279. The van der Waals surface area contributed by atoms with Crippen molar-refractivity contribution >= 4 is 33.8 Å². The van der Waals surface area contributed by atoms with Gasteiger partial charge in [-0.05, 0) is 17.2 Å². The molecule has 0 spiro atoms. The number of carbonyl (C=O) groups is 4. The van der Waals surface area contributed by atoms with E-state index in [0.717, 1.165) is 6.08 Å². The van der Waals surface area contributed by atoms with E-state index in [4.69, 9.17) is 14.9 Å². The van der Waals surface area contributed by atoms with Crippen molar-refractivity contribution in [3.8, 4) is 0 Å². The minimum Gasteiger partial charge on any atom is -0.477 e. The van der Waals surface area contributed by atoms with Gasteiger partial charge in [0, 0.05) is 6.54 Å². The first-order valence-electron chi connectivity index (χ1n) is 8.78. The van der Waals surface area contributed by atoms with E-state index >= 15 is 0 Å². The SMILES string of the molecule is O=C(O)NCc1cccc(CC(=O)OC[C@@H]2C(=O)N3C(C(=O)O)=CCS(=O)(=O)[C@@H]23)c1. The number of aliphatic carboxylic acids is 1. The fraction of sp³-hybridized carbons (Fsp3) is 0.333. The Kier molecular flexibility index (Phi) is 5.78. The third-order valence-corrected chi connectivity index (χ3v) is 6.62. The topological polar surface area (TPSA) is 167 Å². The maximum atomic E-state index is 12.3. The zero-order chi connectivity index (χ0) is 22.1. The van der Waals surface area contributed by atoms with Crippen molar-refractivity contribution in [1.82, 2.24) is 10.2 Å². The standard InChI is InChI=1S/C18H18N2O9S/c21-14(7-10-2-1-3-11(6-10)8-19-18(25)26)29-9-12-15(22)20-13(17(23)24)4-5-30(27,28)16(12)20/h1-4,6,12,16,19H,5,7-9H2,(H,23,24)(H,25,26)/t12-,16+/m1/s1. The first-order chi connectivity index (χ1) is 14.1. The van der Waals surface area contributed by atoms with Crippen LogP contribution in [0.15, 0.2) is 36.0 Å². The monoisotopic (exact) mass is 438 g/mol. The number of fused-ring (bicyclic) bond motifs is 1. The van der Waals surface area contributed by atoms with Gasteiger partial charge in [0.25, 0.3) is 0 Å². The summed E-state index contributed by atoms with van der Waals surface area (Å²) in [5.41, 5.74) is 0.788. The van der Waals surface area contributed by atoms with Crippen LogP contribution in [-0.4, -0.2) is 65.2 Å². The Morgan fingerprint density at radius 3 is 2.57 bits per heavy atom. The summed E-state index contributed by atoms with van der Waals surface area (Å²) in [5, 5.41) is 18.6. The summed E-state index contributed by atoms with van der Waals surface area (Å²) in [4.78, 5) is 46.8. The molecule has 160 valence electrons. The maximum Gasteiger partial charge on any atom is 0.404 e. The van der Waals surface area contributed by atoms with Gasteiger partial charge in [-0.25, -0.2) is 18.0 Å². The lowest BCUT2D eigenvalue weighted by molar-refractivity contribution is -0.160. The molecule has 0 saturated carbocycles. The molecule has 0 aromatic heterocycles. The summed E-state index contributed by atoms with van der Waals surface area (Å²) >= 11 is 0. The predicted molar refractivity (Wildman–Crippen MR) is 99.6 cm³/mol. The van der Waals surface area contributed by atoms with Crippen LogP contribution in [0.5, 0.6) is 0 Å². The number of nitrogens with one attached hydrogen (secondary N) is 1. The van der Waals surface area contributed by atoms with Crippen LogP contribution in [0.2, 0.25) is 0 Å². The van der Waals surface area contributed by atoms with E-state index in [1.165, 1.54) is 0 Å². The molecule has 2 aliphatic heterocycles. The molecular formula is C18H18N2O9S. The van der Waals surface area contributed by atoms with Crippen LogP contribution >= 0.6 is 0 Å². The van der Waals surface area contributed by atoms with Crippen LogP contribution in [0, 0.1) is 5.92 Å². The number of carboxylic acid groups (broad SMARTS) is 2. The van der Waals surface area contributed by atoms with E-state index in [2.05, 4.69) is 5.32 Å². The van der Waals surface area contributed by atoms with E-state index in [-0.39, 0.29) is 13.0 Å². The highest BCUT2D eigenvalue weighted by molar-refractivity contribution is 7.92. The molecule has 0 aliphatic carbocycles. The highest BCUT2D eigenvalue weighted by Gasteiger charge is 2.58. The maximum absolute atomic E-state index is 12.3. The second kappa shape index (κ2) is 8.14. The Hall–Kier alpha value is -3.41. The number of hydrogen-bond donors (Lipinski definition) is 3. The van der Waals surface area contributed by atoms with Crippen molar-refractivity contribution in [1.29, 1.82) is 0 Å². The van der Waals surface area contributed by atoms with Crippen LogP contribution in [0.3, 0.4) is 0 Å². The van der Waals surface area contributed by atoms with Gasteiger partial charge in [0.05, 0.1) is 12.2 Å². The molecule has 3 rings (SSSR count). The number of amides is 2. The van der Waals surface area contributed by atoms with E-state index in [1.54, 1.807) is 24.3 Å². The summed E-state index contributed by atoms with van der Waals surface area (Å²) in [7, 11) is -3.78. The summed E-state index contributed by atoms with van der Waals surface area (Å²) in [5.74, 6) is -4.51. The van der Waals surface area contributed by atoms with Gasteiger partial charge in [0.1, 0.15) is 18.2 Å². The number of carbonyl (C=O) groups excluding carboxylic acids is 2. The van der Waals surface area contributed by atoms with Gasteiger partial charge in [0.15, 0.2) is 15.2 Å². The number of sulfone groups is 1. The van der Waals surface area contributed by atoms with Crippen LogP contribution in [0.4, 0.5) is 4.79 Å². The number of hydrogen-bond acceptors (Lipinski definition) is 7. The van der Waals surface area contributed by atoms with Gasteiger partial charge in [-0.15, -0.1) is 0 Å². The fourth-order valence-electron chi connectivity index (χ4n) is 3.35. The van der Waals surface area contributed by atoms with Gasteiger partial charge in [0.2, 0.25) is 5.91 Å². The number of β-lactam (4-membered cyclic amide) rings is 1.